The summed E-state index contributed by atoms with van der Waals surface area (Å²) in [5.41, 5.74) is 0. The number of ether oxygens (including phenoxy) is 2. The molecule has 0 bridgehead atoms. The van der Waals surface area contributed by atoms with Crippen molar-refractivity contribution in [2.75, 3.05) is 19.8 Å². The van der Waals surface area contributed by atoms with E-state index in [2.05, 4.69) is 13.8 Å². The molecule has 0 amide bonds. The number of phosphoric acid groups is 1. The standard InChI is InChI=1S/C39H77O8P/c1-4-7-9-11-13-15-17-19-20-22-24-26-28-30-32-34-39(41)47-37(36-46-48(42,43)45-6-3)35-44-38(40)33-31-29-27-25-23-21-18-16-14-12-10-8-5-2/h37H,4-36H2,1-3H3,(H,42,43). The summed E-state index contributed by atoms with van der Waals surface area (Å²) in [5.74, 6) is -0.784. The Morgan fingerprint density at radius 2 is 0.812 bits per heavy atom. The van der Waals surface area contributed by atoms with Crippen LogP contribution in [0.2, 0.25) is 0 Å². The maximum absolute atomic E-state index is 12.5. The van der Waals surface area contributed by atoms with Gasteiger partial charge in [-0.15, -0.1) is 0 Å². The number of unbranched alkanes of at least 4 members (excludes halogenated alkanes) is 26. The zero-order valence-corrected chi connectivity index (χ0v) is 32.6. The van der Waals surface area contributed by atoms with Gasteiger partial charge < -0.3 is 14.4 Å². The predicted molar refractivity (Wildman–Crippen MR) is 198 cm³/mol. The first-order valence-electron chi connectivity index (χ1n) is 20.3. The van der Waals surface area contributed by atoms with E-state index in [4.69, 9.17) is 18.5 Å². The minimum Gasteiger partial charge on any atom is -0.462 e. The van der Waals surface area contributed by atoms with E-state index < -0.39 is 19.9 Å². The second-order valence-electron chi connectivity index (χ2n) is 13.7. The summed E-state index contributed by atoms with van der Waals surface area (Å²) < 4.78 is 32.6. The molecular formula is C39H77O8P. The van der Waals surface area contributed by atoms with Crippen LogP contribution in [0.4, 0.5) is 0 Å². The number of phosphoric ester groups is 1. The number of carbonyl (C=O) groups is 2. The average molecular weight is 705 g/mol. The molecule has 2 unspecified atom stereocenters. The van der Waals surface area contributed by atoms with Crippen molar-refractivity contribution in [1.29, 1.82) is 0 Å². The van der Waals surface area contributed by atoms with Crippen LogP contribution in [0.3, 0.4) is 0 Å². The molecule has 0 heterocycles. The zero-order valence-electron chi connectivity index (χ0n) is 31.7. The Hall–Kier alpha value is -0.950. The maximum Gasteiger partial charge on any atom is 0.472 e. The number of rotatable bonds is 38. The van der Waals surface area contributed by atoms with E-state index >= 15 is 0 Å². The fraction of sp³-hybridized carbons (Fsp3) is 0.949. The Balaban J connectivity index is 4.07. The van der Waals surface area contributed by atoms with Crippen molar-refractivity contribution in [3.05, 3.63) is 0 Å². The lowest BCUT2D eigenvalue weighted by molar-refractivity contribution is -0.161. The molecule has 0 fully saturated rings. The molecule has 286 valence electrons. The van der Waals surface area contributed by atoms with Crippen LogP contribution in [0.1, 0.15) is 213 Å². The Morgan fingerprint density at radius 1 is 0.479 bits per heavy atom. The van der Waals surface area contributed by atoms with E-state index in [0.717, 1.165) is 38.5 Å². The lowest BCUT2D eigenvalue weighted by atomic mass is 10.0. The van der Waals surface area contributed by atoms with Gasteiger partial charge in [-0.05, 0) is 19.8 Å². The molecule has 48 heavy (non-hydrogen) atoms. The van der Waals surface area contributed by atoms with E-state index in [-0.39, 0.29) is 32.2 Å². The third-order valence-electron chi connectivity index (χ3n) is 8.91. The Bertz CT molecular complexity index is 762. The quantitative estimate of drug-likeness (QED) is 0.0384. The lowest BCUT2D eigenvalue weighted by Crippen LogP contribution is -2.29. The molecule has 0 spiro atoms. The van der Waals surface area contributed by atoms with Crippen molar-refractivity contribution in [2.45, 2.75) is 219 Å². The van der Waals surface area contributed by atoms with Gasteiger partial charge in [-0.3, -0.25) is 18.6 Å². The van der Waals surface area contributed by atoms with Gasteiger partial charge in [0.2, 0.25) is 0 Å². The summed E-state index contributed by atoms with van der Waals surface area (Å²) in [6.45, 7) is 5.50. The van der Waals surface area contributed by atoms with E-state index in [1.54, 1.807) is 6.92 Å². The Kier molecular flexibility index (Phi) is 35.2. The van der Waals surface area contributed by atoms with Crippen molar-refractivity contribution in [3.63, 3.8) is 0 Å². The van der Waals surface area contributed by atoms with Crippen LogP contribution in [-0.2, 0) is 32.7 Å². The highest BCUT2D eigenvalue weighted by atomic mass is 31.2. The molecule has 0 aromatic heterocycles. The van der Waals surface area contributed by atoms with Crippen LogP contribution in [-0.4, -0.2) is 42.8 Å². The average Bonchev–Trinajstić information content (AvgIpc) is 3.06. The van der Waals surface area contributed by atoms with E-state index in [0.29, 0.717) is 6.42 Å². The van der Waals surface area contributed by atoms with Gasteiger partial charge in [0.1, 0.15) is 6.61 Å². The summed E-state index contributed by atoms with van der Waals surface area (Å²) in [4.78, 5) is 34.6. The molecule has 1 N–H and O–H groups in total. The van der Waals surface area contributed by atoms with Crippen LogP contribution >= 0.6 is 7.82 Å². The van der Waals surface area contributed by atoms with Gasteiger partial charge in [-0.2, -0.15) is 0 Å². The van der Waals surface area contributed by atoms with Crippen LogP contribution in [0.25, 0.3) is 0 Å². The number of hydrogen-bond donors (Lipinski definition) is 1. The van der Waals surface area contributed by atoms with Crippen molar-refractivity contribution < 1.29 is 37.6 Å². The summed E-state index contributed by atoms with van der Waals surface area (Å²) in [6, 6.07) is 0. The fourth-order valence-electron chi connectivity index (χ4n) is 5.92. The molecule has 0 aliphatic heterocycles. The van der Waals surface area contributed by atoms with Gasteiger partial charge in [0.25, 0.3) is 0 Å². The fourth-order valence-corrected chi connectivity index (χ4v) is 6.68. The molecule has 0 aromatic rings. The molecule has 0 saturated carbocycles. The summed E-state index contributed by atoms with van der Waals surface area (Å²) in [6.07, 6.45) is 34.3. The first-order valence-corrected chi connectivity index (χ1v) is 21.8. The molecule has 0 aliphatic carbocycles. The summed E-state index contributed by atoms with van der Waals surface area (Å²) >= 11 is 0. The molecule has 9 heteroatoms. The smallest absolute Gasteiger partial charge is 0.462 e. The van der Waals surface area contributed by atoms with Gasteiger partial charge >= 0.3 is 19.8 Å². The van der Waals surface area contributed by atoms with Gasteiger partial charge in [0.15, 0.2) is 6.10 Å². The van der Waals surface area contributed by atoms with Crippen LogP contribution in [0.5, 0.6) is 0 Å². The van der Waals surface area contributed by atoms with Crippen molar-refractivity contribution in [2.24, 2.45) is 0 Å². The highest BCUT2D eigenvalue weighted by Gasteiger charge is 2.25. The largest absolute Gasteiger partial charge is 0.472 e. The first kappa shape index (κ1) is 47.0. The summed E-state index contributed by atoms with van der Waals surface area (Å²) in [7, 11) is -4.27. The van der Waals surface area contributed by atoms with Gasteiger partial charge in [0.05, 0.1) is 13.2 Å². The number of carbonyl (C=O) groups excluding carboxylic acids is 2. The van der Waals surface area contributed by atoms with E-state index in [1.807, 2.05) is 0 Å². The third kappa shape index (κ3) is 34.9. The number of esters is 2. The lowest BCUT2D eigenvalue weighted by Gasteiger charge is -2.19. The highest BCUT2D eigenvalue weighted by molar-refractivity contribution is 7.47. The molecule has 0 saturated heterocycles. The van der Waals surface area contributed by atoms with Crippen LogP contribution in [0, 0.1) is 0 Å². The molecule has 0 radical (unpaired) electrons. The summed E-state index contributed by atoms with van der Waals surface area (Å²) in [5, 5.41) is 0. The van der Waals surface area contributed by atoms with Crippen molar-refractivity contribution in [3.8, 4) is 0 Å². The van der Waals surface area contributed by atoms with Crippen LogP contribution in [0.15, 0.2) is 0 Å². The monoisotopic (exact) mass is 705 g/mol. The molecule has 0 rings (SSSR count). The van der Waals surface area contributed by atoms with E-state index in [1.165, 1.54) is 141 Å². The molecule has 0 aromatic carbocycles. The van der Waals surface area contributed by atoms with E-state index in [9.17, 15) is 19.0 Å². The number of hydrogen-bond acceptors (Lipinski definition) is 7. The van der Waals surface area contributed by atoms with Crippen molar-refractivity contribution in [1.82, 2.24) is 0 Å². The topological polar surface area (TPSA) is 108 Å². The maximum atomic E-state index is 12.5. The SMILES string of the molecule is CCCCCCCCCCCCCCCCCC(=O)OC(COC(=O)CCCCCCCCCCCCCCC)COP(=O)(O)OCC. The molecule has 0 aliphatic rings. The molecular weight excluding hydrogens is 627 g/mol. The third-order valence-corrected chi connectivity index (χ3v) is 9.97. The minimum absolute atomic E-state index is 0.00549. The zero-order chi connectivity index (χ0) is 35.4. The highest BCUT2D eigenvalue weighted by Crippen LogP contribution is 2.43. The van der Waals surface area contributed by atoms with Gasteiger partial charge in [-0.1, -0.05) is 181 Å². The van der Waals surface area contributed by atoms with Crippen LogP contribution < -0.4 is 0 Å². The Labute approximate surface area is 296 Å². The normalized spacial score (nSPS) is 13.3. The second-order valence-corrected chi connectivity index (χ2v) is 15.1. The van der Waals surface area contributed by atoms with Gasteiger partial charge in [0, 0.05) is 12.8 Å². The van der Waals surface area contributed by atoms with Crippen molar-refractivity contribution >= 4 is 19.8 Å². The Morgan fingerprint density at radius 3 is 1.17 bits per heavy atom. The first-order chi connectivity index (χ1) is 23.3. The minimum atomic E-state index is -4.27. The molecule has 2 atom stereocenters. The molecule has 8 nitrogen and oxygen atoms in total. The van der Waals surface area contributed by atoms with Gasteiger partial charge in [-0.25, -0.2) is 4.57 Å². The predicted octanol–water partition coefficient (Wildman–Crippen LogP) is 12.3. The second kappa shape index (κ2) is 35.9.